The third kappa shape index (κ3) is 3.49. The van der Waals surface area contributed by atoms with Gasteiger partial charge in [0.1, 0.15) is 11.9 Å². The monoisotopic (exact) mass is 356 g/mol. The molecule has 0 aromatic heterocycles. The maximum absolute atomic E-state index is 11.8. The molecule has 1 heterocycles. The van der Waals surface area contributed by atoms with Gasteiger partial charge in [0.25, 0.3) is 0 Å². The fourth-order valence-corrected chi connectivity index (χ4v) is 3.03. The summed E-state index contributed by atoms with van der Waals surface area (Å²) in [6.07, 6.45) is -0.319. The summed E-state index contributed by atoms with van der Waals surface area (Å²) >= 11 is 0. The number of hydrogen-bond donors (Lipinski definition) is 1. The minimum Gasteiger partial charge on any atom is -0.502 e. The van der Waals surface area contributed by atoms with Gasteiger partial charge in [-0.15, -0.1) is 0 Å². The third-order valence-corrected chi connectivity index (χ3v) is 4.29. The number of hydrogen-bond acceptors (Lipinski definition) is 6. The fourth-order valence-electron chi connectivity index (χ4n) is 3.03. The first-order valence-electron chi connectivity index (χ1n) is 8.41. The molecule has 26 heavy (non-hydrogen) atoms. The molecule has 2 aromatic rings. The van der Waals surface area contributed by atoms with Crippen molar-refractivity contribution < 1.29 is 28.9 Å². The quantitative estimate of drug-likeness (QED) is 0.799. The van der Waals surface area contributed by atoms with Crippen molar-refractivity contribution in [3.8, 4) is 5.75 Å². The average Bonchev–Trinajstić information content (AvgIpc) is 2.93. The van der Waals surface area contributed by atoms with E-state index in [1.54, 1.807) is 14.0 Å². The van der Waals surface area contributed by atoms with Crippen molar-refractivity contribution >= 4 is 28.3 Å². The molecule has 1 N–H and O–H groups in total. The second-order valence-electron chi connectivity index (χ2n) is 5.93. The van der Waals surface area contributed by atoms with Crippen LogP contribution in [0.3, 0.4) is 0 Å². The van der Waals surface area contributed by atoms with E-state index in [1.807, 2.05) is 36.4 Å². The number of fused-ring (bicyclic) bond motifs is 1. The lowest BCUT2D eigenvalue weighted by atomic mass is 9.95. The number of methoxy groups -OCH3 is 1. The molecule has 6 heteroatoms. The van der Waals surface area contributed by atoms with Crippen molar-refractivity contribution in [1.82, 2.24) is 0 Å². The molecule has 0 saturated heterocycles. The zero-order valence-corrected chi connectivity index (χ0v) is 14.7. The van der Waals surface area contributed by atoms with E-state index in [2.05, 4.69) is 0 Å². The number of cyclic esters (lactones) is 1. The highest BCUT2D eigenvalue weighted by molar-refractivity contribution is 6.01. The van der Waals surface area contributed by atoms with Crippen LogP contribution in [-0.4, -0.2) is 36.9 Å². The second kappa shape index (κ2) is 7.47. The number of esters is 2. The molecule has 0 bridgehead atoms. The number of ether oxygens (including phenoxy) is 3. The number of carbonyl (C=O) groups is 2. The summed E-state index contributed by atoms with van der Waals surface area (Å²) in [4.78, 5) is 23.4. The highest BCUT2D eigenvalue weighted by atomic mass is 16.6. The summed E-state index contributed by atoms with van der Waals surface area (Å²) in [5.41, 5.74) is 1.08. The van der Waals surface area contributed by atoms with Crippen LogP contribution in [0.1, 0.15) is 25.3 Å². The van der Waals surface area contributed by atoms with Gasteiger partial charge in [-0.25, -0.2) is 4.79 Å². The highest BCUT2D eigenvalue weighted by Crippen LogP contribution is 2.34. The molecule has 0 aliphatic carbocycles. The summed E-state index contributed by atoms with van der Waals surface area (Å²) < 4.78 is 15.3. The largest absolute Gasteiger partial charge is 0.502 e. The van der Waals surface area contributed by atoms with E-state index in [4.69, 9.17) is 14.2 Å². The Labute approximate surface area is 151 Å². The lowest BCUT2D eigenvalue weighted by Gasteiger charge is -2.14. The minimum atomic E-state index is -0.774. The van der Waals surface area contributed by atoms with E-state index in [0.717, 1.165) is 16.5 Å². The molecule has 0 amide bonds. The van der Waals surface area contributed by atoms with Gasteiger partial charge in [0.05, 0.1) is 13.7 Å². The first kappa shape index (κ1) is 17.8. The predicted octanol–water partition coefficient (Wildman–Crippen LogP) is 3.39. The highest BCUT2D eigenvalue weighted by Gasteiger charge is 2.35. The second-order valence-corrected chi connectivity index (χ2v) is 5.93. The van der Waals surface area contributed by atoms with Crippen LogP contribution in [0, 0.1) is 0 Å². The molecule has 1 unspecified atom stereocenters. The van der Waals surface area contributed by atoms with Gasteiger partial charge >= 0.3 is 11.9 Å². The standard InChI is InChI=1S/C20H20O6/c1-3-25-17(21)9-8-16-18(19(22)20(23)26-16)14-5-4-13-11-15(24-2)7-6-12(13)10-14/h4-7,10-11,16,22H,3,8-9H2,1-2H3. The van der Waals surface area contributed by atoms with Crippen LogP contribution in [0.5, 0.6) is 5.75 Å². The summed E-state index contributed by atoms with van der Waals surface area (Å²) in [5.74, 6) is -0.797. The number of rotatable bonds is 6. The van der Waals surface area contributed by atoms with Crippen molar-refractivity contribution in [2.24, 2.45) is 0 Å². The Bertz CT molecular complexity index is 883. The van der Waals surface area contributed by atoms with E-state index in [-0.39, 0.29) is 18.8 Å². The van der Waals surface area contributed by atoms with E-state index >= 15 is 0 Å². The van der Waals surface area contributed by atoms with Gasteiger partial charge in [0, 0.05) is 12.0 Å². The normalized spacial score (nSPS) is 16.7. The van der Waals surface area contributed by atoms with Gasteiger partial charge in [0.15, 0.2) is 0 Å². The van der Waals surface area contributed by atoms with Crippen molar-refractivity contribution in [3.05, 3.63) is 47.7 Å². The Balaban J connectivity index is 1.90. The lowest BCUT2D eigenvalue weighted by molar-refractivity contribution is -0.146. The number of aliphatic hydroxyl groups is 1. The lowest BCUT2D eigenvalue weighted by Crippen LogP contribution is -2.14. The molecule has 6 nitrogen and oxygen atoms in total. The van der Waals surface area contributed by atoms with Gasteiger partial charge < -0.3 is 19.3 Å². The molecular formula is C20H20O6. The summed E-state index contributed by atoms with van der Waals surface area (Å²) in [5, 5.41) is 12.1. The number of aliphatic hydroxyl groups excluding tert-OH is 1. The molecular weight excluding hydrogens is 336 g/mol. The van der Waals surface area contributed by atoms with E-state index < -0.39 is 17.8 Å². The zero-order chi connectivity index (χ0) is 18.7. The smallest absolute Gasteiger partial charge is 0.374 e. The molecule has 3 rings (SSSR count). The number of benzene rings is 2. The molecule has 0 saturated carbocycles. The van der Waals surface area contributed by atoms with Crippen LogP contribution in [0.25, 0.3) is 16.3 Å². The summed E-state index contributed by atoms with van der Waals surface area (Å²) in [6.45, 7) is 2.03. The molecule has 1 atom stereocenters. The van der Waals surface area contributed by atoms with E-state index in [0.29, 0.717) is 17.7 Å². The van der Waals surface area contributed by atoms with Gasteiger partial charge in [-0.1, -0.05) is 18.2 Å². The van der Waals surface area contributed by atoms with Gasteiger partial charge in [0.2, 0.25) is 5.76 Å². The maximum atomic E-state index is 11.8. The van der Waals surface area contributed by atoms with Crippen LogP contribution in [0.4, 0.5) is 0 Å². The molecule has 0 fully saturated rings. The first-order chi connectivity index (χ1) is 12.5. The molecule has 1 aliphatic heterocycles. The maximum Gasteiger partial charge on any atom is 0.374 e. The van der Waals surface area contributed by atoms with Crippen LogP contribution in [0.2, 0.25) is 0 Å². The minimum absolute atomic E-state index is 0.105. The first-order valence-corrected chi connectivity index (χ1v) is 8.41. The van der Waals surface area contributed by atoms with Crippen LogP contribution in [-0.2, 0) is 19.1 Å². The Morgan fingerprint density at radius 3 is 2.65 bits per heavy atom. The van der Waals surface area contributed by atoms with Gasteiger partial charge in [-0.05, 0) is 47.9 Å². The molecule has 2 aromatic carbocycles. The topological polar surface area (TPSA) is 82.1 Å². The van der Waals surface area contributed by atoms with Crippen molar-refractivity contribution in [1.29, 1.82) is 0 Å². The van der Waals surface area contributed by atoms with Crippen molar-refractivity contribution in [2.45, 2.75) is 25.9 Å². The van der Waals surface area contributed by atoms with Crippen LogP contribution < -0.4 is 4.74 Å². The van der Waals surface area contributed by atoms with Crippen LogP contribution in [0.15, 0.2) is 42.2 Å². The summed E-state index contributed by atoms with van der Waals surface area (Å²) in [6, 6.07) is 11.2. The average molecular weight is 356 g/mol. The van der Waals surface area contributed by atoms with Gasteiger partial charge in [-0.3, -0.25) is 4.79 Å². The Kier molecular flexibility index (Phi) is 5.11. The molecule has 1 aliphatic rings. The predicted molar refractivity (Wildman–Crippen MR) is 95.8 cm³/mol. The van der Waals surface area contributed by atoms with E-state index in [1.165, 1.54) is 0 Å². The zero-order valence-electron chi connectivity index (χ0n) is 14.7. The summed E-state index contributed by atoms with van der Waals surface area (Å²) in [7, 11) is 1.61. The van der Waals surface area contributed by atoms with Crippen LogP contribution >= 0.6 is 0 Å². The van der Waals surface area contributed by atoms with E-state index in [9.17, 15) is 14.7 Å². The molecule has 0 spiro atoms. The van der Waals surface area contributed by atoms with Gasteiger partial charge in [-0.2, -0.15) is 0 Å². The Hall–Kier alpha value is -3.02. The number of carbonyl (C=O) groups excluding carboxylic acids is 2. The Morgan fingerprint density at radius 1 is 1.19 bits per heavy atom. The molecule has 136 valence electrons. The van der Waals surface area contributed by atoms with Crippen molar-refractivity contribution in [2.75, 3.05) is 13.7 Å². The molecule has 0 radical (unpaired) electrons. The van der Waals surface area contributed by atoms with Crippen molar-refractivity contribution in [3.63, 3.8) is 0 Å². The third-order valence-electron chi connectivity index (χ3n) is 4.29. The SMILES string of the molecule is CCOC(=O)CCC1OC(=O)C(O)=C1c1ccc2cc(OC)ccc2c1. The Morgan fingerprint density at radius 2 is 1.92 bits per heavy atom. The fraction of sp³-hybridized carbons (Fsp3) is 0.300.